The van der Waals surface area contributed by atoms with Gasteiger partial charge in [0.2, 0.25) is 9.05 Å². The third-order valence-corrected chi connectivity index (χ3v) is 6.99. The number of sulfone groups is 1. The Morgan fingerprint density at radius 2 is 1.65 bits per heavy atom. The lowest BCUT2D eigenvalue weighted by atomic mass is 10.2. The molecule has 20 heavy (non-hydrogen) atoms. The highest BCUT2D eigenvalue weighted by atomic mass is 35.7. The predicted molar refractivity (Wildman–Crippen MR) is 73.6 cm³/mol. The Bertz CT molecular complexity index is 899. The summed E-state index contributed by atoms with van der Waals surface area (Å²) in [5.41, 5.74) is -0.0560. The smallest absolute Gasteiger partial charge is 0.222 e. The summed E-state index contributed by atoms with van der Waals surface area (Å²) in [6.07, 6.45) is 0. The number of nitrogens with zero attached hydrogens (tertiary/aromatic N) is 1. The molecule has 1 aliphatic rings. The molecular weight excluding hydrogens is 350 g/mol. The fourth-order valence-corrected chi connectivity index (χ4v) is 6.47. The van der Waals surface area contributed by atoms with Crippen LogP contribution in [0.1, 0.15) is 5.56 Å². The van der Waals surface area contributed by atoms with Crippen molar-refractivity contribution in [3.63, 3.8) is 0 Å². The number of rotatable bonds is 3. The summed E-state index contributed by atoms with van der Waals surface area (Å²) in [5.74, 6) is -1.65. The molecule has 0 amide bonds. The van der Waals surface area contributed by atoms with Gasteiger partial charge >= 0.3 is 0 Å². The van der Waals surface area contributed by atoms with Gasteiger partial charge in [0, 0.05) is 16.2 Å². The van der Waals surface area contributed by atoms with Crippen LogP contribution in [0.5, 0.6) is 0 Å². The normalized spacial score (nSPS) is 17.6. The molecule has 1 heterocycles. The summed E-state index contributed by atoms with van der Waals surface area (Å²) < 4.78 is 72.3. The van der Waals surface area contributed by atoms with E-state index in [1.165, 1.54) is 24.3 Å². The van der Waals surface area contributed by atoms with Crippen molar-refractivity contribution in [2.75, 3.05) is 11.5 Å². The number of hydrogen-bond donors (Lipinski definition) is 0. The molecule has 0 atom stereocenters. The topological polar surface area (TPSA) is 115 Å². The van der Waals surface area contributed by atoms with E-state index in [2.05, 4.69) is 4.40 Å². The van der Waals surface area contributed by atoms with Gasteiger partial charge in [0.1, 0.15) is 0 Å². The molecule has 0 aliphatic carbocycles. The first kappa shape index (κ1) is 15.4. The van der Waals surface area contributed by atoms with Crippen molar-refractivity contribution in [2.24, 2.45) is 4.40 Å². The SMILES string of the molecule is O=S(=O)(Cl)CCS(=O)(=O)C1=NS(=O)(=O)c2ccccc21. The maximum Gasteiger partial charge on any atom is 0.284 e. The van der Waals surface area contributed by atoms with Gasteiger partial charge in [-0.15, -0.1) is 4.40 Å². The third-order valence-electron chi connectivity index (χ3n) is 2.49. The van der Waals surface area contributed by atoms with Crippen LogP contribution in [0.2, 0.25) is 0 Å². The van der Waals surface area contributed by atoms with Gasteiger partial charge in [-0.3, -0.25) is 0 Å². The van der Waals surface area contributed by atoms with E-state index in [1.807, 2.05) is 0 Å². The molecule has 0 spiro atoms. The summed E-state index contributed by atoms with van der Waals surface area (Å²) in [4.78, 5) is -0.215. The number of fused-ring (bicyclic) bond motifs is 1. The zero-order valence-electron chi connectivity index (χ0n) is 9.72. The Kier molecular flexibility index (Phi) is 3.70. The Morgan fingerprint density at radius 3 is 2.25 bits per heavy atom. The van der Waals surface area contributed by atoms with Crippen molar-refractivity contribution < 1.29 is 25.3 Å². The van der Waals surface area contributed by atoms with Crippen molar-refractivity contribution in [3.8, 4) is 0 Å². The van der Waals surface area contributed by atoms with E-state index in [9.17, 15) is 25.3 Å². The molecule has 0 aromatic heterocycles. The summed E-state index contributed by atoms with van der Waals surface area (Å²) in [5, 5.41) is -0.645. The highest BCUT2D eigenvalue weighted by Gasteiger charge is 2.36. The van der Waals surface area contributed by atoms with Crippen molar-refractivity contribution in [1.82, 2.24) is 0 Å². The van der Waals surface area contributed by atoms with E-state index >= 15 is 0 Å². The predicted octanol–water partition coefficient (Wildman–Crippen LogP) is 0.119. The molecule has 7 nitrogen and oxygen atoms in total. The molecule has 110 valence electrons. The number of sulfonamides is 1. The van der Waals surface area contributed by atoms with Gasteiger partial charge in [-0.2, -0.15) is 8.42 Å². The molecule has 0 saturated heterocycles. The van der Waals surface area contributed by atoms with Gasteiger partial charge in [-0.05, 0) is 6.07 Å². The van der Waals surface area contributed by atoms with Crippen LogP contribution in [-0.2, 0) is 28.9 Å². The Morgan fingerprint density at radius 1 is 1.05 bits per heavy atom. The lowest BCUT2D eigenvalue weighted by molar-refractivity contribution is 0.598. The molecule has 0 radical (unpaired) electrons. The van der Waals surface area contributed by atoms with Crippen molar-refractivity contribution in [3.05, 3.63) is 29.8 Å². The van der Waals surface area contributed by atoms with Gasteiger partial charge in [0.15, 0.2) is 14.9 Å². The molecule has 0 fully saturated rings. The van der Waals surface area contributed by atoms with E-state index in [0.29, 0.717) is 0 Å². The maximum atomic E-state index is 12.0. The lowest BCUT2D eigenvalue weighted by Crippen LogP contribution is -2.22. The monoisotopic (exact) mass is 357 g/mol. The molecular formula is C9H8ClNO6S3. The van der Waals surface area contributed by atoms with Crippen LogP contribution in [0.25, 0.3) is 0 Å². The summed E-state index contributed by atoms with van der Waals surface area (Å²) in [6, 6.07) is 5.42. The second kappa shape index (κ2) is 4.79. The molecule has 11 heteroatoms. The van der Waals surface area contributed by atoms with Crippen molar-refractivity contribution >= 4 is 44.6 Å². The minimum Gasteiger partial charge on any atom is -0.222 e. The number of benzene rings is 1. The molecule has 0 N–H and O–H groups in total. The minimum atomic E-state index is -4.17. The highest BCUT2D eigenvalue weighted by molar-refractivity contribution is 8.15. The zero-order chi connectivity index (χ0) is 15.2. The first-order chi connectivity index (χ1) is 9.03. The Balaban J connectivity index is 2.50. The quantitative estimate of drug-likeness (QED) is 0.709. The molecule has 0 saturated carbocycles. The van der Waals surface area contributed by atoms with Gasteiger partial charge < -0.3 is 0 Å². The van der Waals surface area contributed by atoms with Gasteiger partial charge in [0.25, 0.3) is 10.0 Å². The zero-order valence-corrected chi connectivity index (χ0v) is 12.9. The highest BCUT2D eigenvalue weighted by Crippen LogP contribution is 2.28. The molecule has 0 unspecified atom stereocenters. The first-order valence-electron chi connectivity index (χ1n) is 5.12. The van der Waals surface area contributed by atoms with Gasteiger partial charge in [-0.25, -0.2) is 16.8 Å². The molecule has 1 aromatic carbocycles. The van der Waals surface area contributed by atoms with Crippen molar-refractivity contribution in [1.29, 1.82) is 0 Å². The average molecular weight is 358 g/mol. The number of halogens is 1. The summed E-state index contributed by atoms with van der Waals surface area (Å²) in [7, 11) is -7.29. The first-order valence-corrected chi connectivity index (χ1v) is 10.7. The largest absolute Gasteiger partial charge is 0.284 e. The van der Waals surface area contributed by atoms with E-state index in [1.54, 1.807) is 0 Å². The van der Waals surface area contributed by atoms with E-state index < -0.39 is 45.5 Å². The second-order valence-corrected chi connectivity index (χ2v) is 10.4. The van der Waals surface area contributed by atoms with Crippen LogP contribution in [0, 0.1) is 0 Å². The van der Waals surface area contributed by atoms with E-state index in [-0.39, 0.29) is 10.5 Å². The number of hydrogen-bond acceptors (Lipinski definition) is 6. The molecule has 2 rings (SSSR count). The minimum absolute atomic E-state index is 0.0560. The maximum absolute atomic E-state index is 12.0. The standard InChI is InChI=1S/C9H8ClNO6S3/c10-19(14,15)6-5-18(12,13)9-7-3-1-2-4-8(7)20(16,17)11-9/h1-4H,5-6H2. The van der Waals surface area contributed by atoms with Crippen LogP contribution in [0.15, 0.2) is 33.6 Å². The third kappa shape index (κ3) is 3.03. The van der Waals surface area contributed by atoms with Crippen LogP contribution < -0.4 is 0 Å². The molecule has 0 bridgehead atoms. The summed E-state index contributed by atoms with van der Waals surface area (Å²) >= 11 is 0. The van der Waals surface area contributed by atoms with E-state index in [0.717, 1.165) is 0 Å². The van der Waals surface area contributed by atoms with Crippen molar-refractivity contribution in [2.45, 2.75) is 4.90 Å². The van der Waals surface area contributed by atoms with Gasteiger partial charge in [-0.1, -0.05) is 18.2 Å². The van der Waals surface area contributed by atoms with Crippen LogP contribution in [0.4, 0.5) is 0 Å². The van der Waals surface area contributed by atoms with E-state index in [4.69, 9.17) is 10.7 Å². The molecule has 1 aromatic rings. The second-order valence-electron chi connectivity index (χ2n) is 3.93. The fraction of sp³-hybridized carbons (Fsp3) is 0.222. The summed E-state index contributed by atoms with van der Waals surface area (Å²) in [6.45, 7) is 0. The average Bonchev–Trinajstić information content (AvgIpc) is 2.60. The molecule has 1 aliphatic heterocycles. The van der Waals surface area contributed by atoms with Gasteiger partial charge in [0.05, 0.1) is 16.4 Å². The van der Waals surface area contributed by atoms with Crippen LogP contribution >= 0.6 is 10.7 Å². The Labute approximate surface area is 120 Å². The fourth-order valence-electron chi connectivity index (χ4n) is 1.61. The van der Waals surface area contributed by atoms with Crippen LogP contribution in [-0.4, -0.2) is 41.8 Å². The Hall–Kier alpha value is -0.970. The van der Waals surface area contributed by atoms with Crippen LogP contribution in [0.3, 0.4) is 0 Å². The lowest BCUT2D eigenvalue weighted by Gasteiger charge is -2.03.